The predicted octanol–water partition coefficient (Wildman–Crippen LogP) is 3.72. The van der Waals surface area contributed by atoms with Crippen molar-refractivity contribution in [2.75, 3.05) is 33.0 Å². The summed E-state index contributed by atoms with van der Waals surface area (Å²) in [5.41, 5.74) is 8.67. The molecule has 1 saturated heterocycles. The van der Waals surface area contributed by atoms with E-state index in [1.807, 2.05) is 18.2 Å². The number of nitrogens with zero attached hydrogens (tertiary/aromatic N) is 2. The number of hydrogen-bond donors (Lipinski definition) is 1. The molecule has 0 aliphatic carbocycles. The summed E-state index contributed by atoms with van der Waals surface area (Å²) < 4.78 is 11.3. The van der Waals surface area contributed by atoms with Crippen LogP contribution in [0.25, 0.3) is 11.3 Å². The molecule has 5 heteroatoms. The fraction of sp³-hybridized carbons (Fsp3) is 0.450. The van der Waals surface area contributed by atoms with Crippen LogP contribution in [0, 0.1) is 0 Å². The number of nitrogens with two attached hydrogens (primary N) is 1. The van der Waals surface area contributed by atoms with Gasteiger partial charge >= 0.3 is 0 Å². The fourth-order valence-electron chi connectivity index (χ4n) is 3.42. The number of hydrogen-bond acceptors (Lipinski definition) is 5. The van der Waals surface area contributed by atoms with Crippen molar-refractivity contribution in [1.82, 2.24) is 9.88 Å². The number of likely N-dealkylation sites (tertiary alicyclic amines) is 1. The molecule has 0 spiro atoms. The number of ether oxygens (including phenoxy) is 2. The van der Waals surface area contributed by atoms with Crippen molar-refractivity contribution in [1.29, 1.82) is 0 Å². The summed E-state index contributed by atoms with van der Waals surface area (Å²) in [5.74, 6) is 2.15. The van der Waals surface area contributed by atoms with Crippen LogP contribution in [-0.4, -0.2) is 37.2 Å². The fourth-order valence-corrected chi connectivity index (χ4v) is 3.42. The average molecular weight is 341 g/mol. The lowest BCUT2D eigenvalue weighted by Gasteiger charge is -2.22. The third kappa shape index (κ3) is 4.23. The zero-order valence-electron chi connectivity index (χ0n) is 15.1. The van der Waals surface area contributed by atoms with Crippen molar-refractivity contribution in [3.8, 4) is 22.8 Å². The number of pyridine rings is 1. The zero-order chi connectivity index (χ0) is 17.6. The molecule has 0 radical (unpaired) electrons. The first-order valence-corrected chi connectivity index (χ1v) is 8.91. The second-order valence-electron chi connectivity index (χ2n) is 6.50. The van der Waals surface area contributed by atoms with Crippen LogP contribution in [0.2, 0.25) is 0 Å². The third-order valence-corrected chi connectivity index (χ3v) is 4.74. The molecule has 1 aromatic carbocycles. The van der Waals surface area contributed by atoms with Crippen LogP contribution >= 0.6 is 0 Å². The molecule has 5 nitrogen and oxygen atoms in total. The quantitative estimate of drug-likeness (QED) is 0.898. The molecule has 0 saturated carbocycles. The van der Waals surface area contributed by atoms with Gasteiger partial charge in [0.05, 0.1) is 19.9 Å². The minimum Gasteiger partial charge on any atom is -0.496 e. The van der Waals surface area contributed by atoms with Gasteiger partial charge in [0.2, 0.25) is 0 Å². The number of rotatable bonds is 5. The van der Waals surface area contributed by atoms with Gasteiger partial charge in [-0.1, -0.05) is 18.9 Å². The standard InChI is InChI=1S/C20H27N3O2/c1-24-18-13-16(17-8-7-9-20(21)22-17)19(25-2)12-15(18)14-23-10-5-3-4-6-11-23/h7-9,12-13H,3-6,10-11,14H2,1-2H3,(H2,21,22). The third-order valence-electron chi connectivity index (χ3n) is 4.74. The highest BCUT2D eigenvalue weighted by atomic mass is 16.5. The van der Waals surface area contributed by atoms with Gasteiger partial charge in [0.1, 0.15) is 17.3 Å². The first-order chi connectivity index (χ1) is 12.2. The van der Waals surface area contributed by atoms with E-state index in [1.54, 1.807) is 20.3 Å². The second kappa shape index (κ2) is 8.21. The zero-order valence-corrected chi connectivity index (χ0v) is 15.1. The Morgan fingerprint density at radius 2 is 1.72 bits per heavy atom. The molecule has 3 rings (SSSR count). The number of methoxy groups -OCH3 is 2. The molecule has 25 heavy (non-hydrogen) atoms. The largest absolute Gasteiger partial charge is 0.496 e. The maximum Gasteiger partial charge on any atom is 0.128 e. The van der Waals surface area contributed by atoms with Crippen molar-refractivity contribution >= 4 is 5.82 Å². The van der Waals surface area contributed by atoms with E-state index in [9.17, 15) is 0 Å². The van der Waals surface area contributed by atoms with E-state index in [0.29, 0.717) is 5.82 Å². The maximum atomic E-state index is 5.84. The van der Waals surface area contributed by atoms with Crippen LogP contribution in [0.1, 0.15) is 31.2 Å². The minimum atomic E-state index is 0.493. The SMILES string of the molecule is COc1cc(-c2cccc(N)n2)c(OC)cc1CN1CCCCCC1. The summed E-state index contributed by atoms with van der Waals surface area (Å²) in [6.45, 7) is 3.16. The maximum absolute atomic E-state index is 5.84. The topological polar surface area (TPSA) is 60.6 Å². The molecule has 134 valence electrons. The monoisotopic (exact) mass is 341 g/mol. The summed E-state index contributed by atoms with van der Waals surface area (Å²) in [6.07, 6.45) is 5.20. The van der Waals surface area contributed by atoms with Gasteiger partial charge in [-0.3, -0.25) is 4.90 Å². The highest BCUT2D eigenvalue weighted by Gasteiger charge is 2.17. The molecular formula is C20H27N3O2. The van der Waals surface area contributed by atoms with Gasteiger partial charge in [0, 0.05) is 17.7 Å². The number of anilines is 1. The number of benzene rings is 1. The number of nitrogen functional groups attached to an aromatic ring is 1. The van der Waals surface area contributed by atoms with E-state index in [4.69, 9.17) is 15.2 Å². The summed E-state index contributed by atoms with van der Waals surface area (Å²) >= 11 is 0. The lowest BCUT2D eigenvalue weighted by atomic mass is 10.0. The molecule has 1 aliphatic rings. The van der Waals surface area contributed by atoms with Crippen LogP contribution in [0.4, 0.5) is 5.82 Å². The summed E-state index contributed by atoms with van der Waals surface area (Å²) in [7, 11) is 3.40. The average Bonchev–Trinajstić information content (AvgIpc) is 2.90. The first-order valence-electron chi connectivity index (χ1n) is 8.91. The Kier molecular flexibility index (Phi) is 5.76. The van der Waals surface area contributed by atoms with Gasteiger partial charge < -0.3 is 15.2 Å². The van der Waals surface area contributed by atoms with Crippen molar-refractivity contribution < 1.29 is 9.47 Å². The smallest absolute Gasteiger partial charge is 0.128 e. The molecule has 2 aromatic rings. The van der Waals surface area contributed by atoms with Crippen molar-refractivity contribution in [3.63, 3.8) is 0 Å². The van der Waals surface area contributed by atoms with Crippen molar-refractivity contribution in [2.45, 2.75) is 32.2 Å². The van der Waals surface area contributed by atoms with Crippen LogP contribution in [0.5, 0.6) is 11.5 Å². The Labute approximate surface area is 149 Å². The highest BCUT2D eigenvalue weighted by Crippen LogP contribution is 2.36. The van der Waals surface area contributed by atoms with Gasteiger partial charge in [0.15, 0.2) is 0 Å². The molecule has 0 bridgehead atoms. The lowest BCUT2D eigenvalue weighted by Crippen LogP contribution is -2.24. The van der Waals surface area contributed by atoms with E-state index in [2.05, 4.69) is 16.0 Å². The Morgan fingerprint density at radius 1 is 1.00 bits per heavy atom. The molecule has 1 fully saturated rings. The van der Waals surface area contributed by atoms with Crippen LogP contribution in [0.3, 0.4) is 0 Å². The van der Waals surface area contributed by atoms with Crippen LogP contribution < -0.4 is 15.2 Å². The van der Waals surface area contributed by atoms with Crippen molar-refractivity contribution in [3.05, 3.63) is 35.9 Å². The predicted molar refractivity (Wildman–Crippen MR) is 101 cm³/mol. The second-order valence-corrected chi connectivity index (χ2v) is 6.50. The number of aromatic nitrogens is 1. The first kappa shape index (κ1) is 17.5. The summed E-state index contributed by atoms with van der Waals surface area (Å²) in [5, 5.41) is 0. The van der Waals surface area contributed by atoms with Crippen molar-refractivity contribution in [2.24, 2.45) is 0 Å². The Bertz CT molecular complexity index is 710. The van der Waals surface area contributed by atoms with Gasteiger partial charge in [-0.25, -0.2) is 4.98 Å². The van der Waals surface area contributed by atoms with Gasteiger partial charge in [-0.05, 0) is 50.2 Å². The van der Waals surface area contributed by atoms with Crippen LogP contribution in [-0.2, 0) is 6.54 Å². The van der Waals surface area contributed by atoms with Crippen LogP contribution in [0.15, 0.2) is 30.3 Å². The normalized spacial score (nSPS) is 15.6. The van der Waals surface area contributed by atoms with E-state index in [0.717, 1.165) is 48.0 Å². The van der Waals surface area contributed by atoms with Gasteiger partial charge in [0.25, 0.3) is 0 Å². The molecule has 1 aromatic heterocycles. The Morgan fingerprint density at radius 3 is 2.36 bits per heavy atom. The highest BCUT2D eigenvalue weighted by molar-refractivity contribution is 5.71. The van der Waals surface area contributed by atoms with Gasteiger partial charge in [-0.15, -0.1) is 0 Å². The molecule has 0 atom stereocenters. The summed E-state index contributed by atoms with van der Waals surface area (Å²) in [4.78, 5) is 6.92. The molecule has 1 aliphatic heterocycles. The van der Waals surface area contributed by atoms with E-state index in [-0.39, 0.29) is 0 Å². The minimum absolute atomic E-state index is 0.493. The van der Waals surface area contributed by atoms with E-state index >= 15 is 0 Å². The van der Waals surface area contributed by atoms with E-state index < -0.39 is 0 Å². The Balaban J connectivity index is 1.94. The molecule has 2 heterocycles. The van der Waals surface area contributed by atoms with E-state index in [1.165, 1.54) is 25.7 Å². The Hall–Kier alpha value is -2.27. The molecular weight excluding hydrogens is 314 g/mol. The molecule has 0 amide bonds. The summed E-state index contributed by atoms with van der Waals surface area (Å²) in [6, 6.07) is 9.69. The van der Waals surface area contributed by atoms with Gasteiger partial charge in [-0.2, -0.15) is 0 Å². The lowest BCUT2D eigenvalue weighted by molar-refractivity contribution is 0.271. The molecule has 2 N–H and O–H groups in total. The molecule has 0 unspecified atom stereocenters.